The fourth-order valence-corrected chi connectivity index (χ4v) is 4.74. The summed E-state index contributed by atoms with van der Waals surface area (Å²) in [6.45, 7) is 23.8. The lowest BCUT2D eigenvalue weighted by Crippen LogP contribution is -2.50. The van der Waals surface area contributed by atoms with E-state index in [1.54, 1.807) is 0 Å². The highest BCUT2D eigenvalue weighted by molar-refractivity contribution is 6.73. The molecular formula is C20H37NOSi. The van der Waals surface area contributed by atoms with E-state index in [1.165, 1.54) is 12.8 Å². The van der Waals surface area contributed by atoms with Crippen LogP contribution in [0, 0.1) is 5.92 Å². The fourth-order valence-electron chi connectivity index (χ4n) is 3.25. The van der Waals surface area contributed by atoms with Gasteiger partial charge in [-0.05, 0) is 56.7 Å². The van der Waals surface area contributed by atoms with Crippen molar-refractivity contribution >= 4 is 8.24 Å². The minimum Gasteiger partial charge on any atom is -0.381 e. The summed E-state index contributed by atoms with van der Waals surface area (Å²) in [5.41, 5.74) is 2.31. The molecule has 1 rings (SSSR count). The highest BCUT2D eigenvalue weighted by Gasteiger charge is 2.39. The average molecular weight is 336 g/mol. The monoisotopic (exact) mass is 335 g/mol. The van der Waals surface area contributed by atoms with Crippen molar-refractivity contribution in [3.05, 3.63) is 36.0 Å². The molecule has 0 aromatic carbocycles. The molecule has 1 aliphatic rings. The van der Waals surface area contributed by atoms with Crippen molar-refractivity contribution in [2.75, 3.05) is 13.1 Å². The molecule has 1 N–H and O–H groups in total. The van der Waals surface area contributed by atoms with Gasteiger partial charge in [0.1, 0.15) is 13.8 Å². The number of allylic oxidation sites excluding steroid dienone is 2. The standard InChI is InChI=1S/C20H37NOSi/c1-9-10-13-21(23(6,7)8)15-18(5)20(22)14-19(16(2)3)12-11-17(20)4/h11,19,22H,2,5,9-10,12-15H2,1,3-4,6-8H3. The summed E-state index contributed by atoms with van der Waals surface area (Å²) in [7, 11) is -1.42. The Kier molecular flexibility index (Phi) is 7.06. The van der Waals surface area contributed by atoms with Gasteiger partial charge in [0.25, 0.3) is 0 Å². The number of rotatable bonds is 8. The second-order valence-electron chi connectivity index (χ2n) is 8.28. The molecule has 0 heterocycles. The molecular weight excluding hydrogens is 298 g/mol. The largest absolute Gasteiger partial charge is 0.381 e. The Bertz CT molecular complexity index is 475. The van der Waals surface area contributed by atoms with Gasteiger partial charge in [0.05, 0.1) is 0 Å². The van der Waals surface area contributed by atoms with Crippen LogP contribution >= 0.6 is 0 Å². The lowest BCUT2D eigenvalue weighted by molar-refractivity contribution is 0.0803. The SMILES string of the molecule is C=C(C)C1CC=C(C)C(O)(C(=C)CN(CCCC)[Si](C)(C)C)C1. The molecule has 0 fully saturated rings. The van der Waals surface area contributed by atoms with Crippen LogP contribution in [0.4, 0.5) is 0 Å². The Balaban J connectivity index is 2.94. The van der Waals surface area contributed by atoms with Crippen LogP contribution in [0.15, 0.2) is 36.0 Å². The van der Waals surface area contributed by atoms with Crippen molar-refractivity contribution in [1.82, 2.24) is 4.57 Å². The molecule has 0 aromatic rings. The lowest BCUT2D eigenvalue weighted by atomic mass is 9.72. The molecule has 2 unspecified atom stereocenters. The summed E-state index contributed by atoms with van der Waals surface area (Å²) in [6, 6.07) is 0. The summed E-state index contributed by atoms with van der Waals surface area (Å²) in [6.07, 6.45) is 6.31. The Morgan fingerprint density at radius 1 is 1.39 bits per heavy atom. The van der Waals surface area contributed by atoms with E-state index in [-0.39, 0.29) is 0 Å². The van der Waals surface area contributed by atoms with Crippen molar-refractivity contribution < 1.29 is 5.11 Å². The maximum absolute atomic E-state index is 11.3. The number of hydrogen-bond acceptors (Lipinski definition) is 2. The highest BCUT2D eigenvalue weighted by Crippen LogP contribution is 2.40. The van der Waals surface area contributed by atoms with Gasteiger partial charge < -0.3 is 9.67 Å². The maximum atomic E-state index is 11.3. The predicted molar refractivity (Wildman–Crippen MR) is 105 cm³/mol. The molecule has 0 amide bonds. The summed E-state index contributed by atoms with van der Waals surface area (Å²) < 4.78 is 2.58. The minimum absolute atomic E-state index is 0.358. The van der Waals surface area contributed by atoms with Crippen LogP contribution in [0.3, 0.4) is 0 Å². The second kappa shape index (κ2) is 7.95. The van der Waals surface area contributed by atoms with Gasteiger partial charge in [-0.2, -0.15) is 0 Å². The van der Waals surface area contributed by atoms with Crippen molar-refractivity contribution in [2.24, 2.45) is 5.92 Å². The van der Waals surface area contributed by atoms with Gasteiger partial charge in [0.2, 0.25) is 0 Å². The molecule has 0 aromatic heterocycles. The Morgan fingerprint density at radius 3 is 2.48 bits per heavy atom. The molecule has 23 heavy (non-hydrogen) atoms. The summed E-state index contributed by atoms with van der Waals surface area (Å²) in [5, 5.41) is 11.3. The highest BCUT2D eigenvalue weighted by atomic mass is 28.3. The van der Waals surface area contributed by atoms with E-state index in [9.17, 15) is 5.11 Å². The van der Waals surface area contributed by atoms with Crippen LogP contribution in [0.5, 0.6) is 0 Å². The molecule has 0 spiro atoms. The van der Waals surface area contributed by atoms with Gasteiger partial charge in [0.15, 0.2) is 0 Å². The smallest absolute Gasteiger partial charge is 0.119 e. The first-order valence-electron chi connectivity index (χ1n) is 9.00. The van der Waals surface area contributed by atoms with E-state index in [0.29, 0.717) is 5.92 Å². The Hall–Kier alpha value is -0.643. The molecule has 3 heteroatoms. The van der Waals surface area contributed by atoms with Crippen LogP contribution < -0.4 is 0 Å². The van der Waals surface area contributed by atoms with E-state index < -0.39 is 13.8 Å². The van der Waals surface area contributed by atoms with Gasteiger partial charge in [-0.15, -0.1) is 0 Å². The number of unbranched alkanes of at least 4 members (excludes halogenated alkanes) is 1. The molecule has 2 nitrogen and oxygen atoms in total. The fraction of sp³-hybridized carbons (Fsp3) is 0.700. The van der Waals surface area contributed by atoms with Crippen LogP contribution in [-0.2, 0) is 0 Å². The molecule has 132 valence electrons. The second-order valence-corrected chi connectivity index (χ2v) is 13.3. The molecule has 0 saturated carbocycles. The molecule has 1 aliphatic carbocycles. The van der Waals surface area contributed by atoms with Crippen LogP contribution in [0.2, 0.25) is 19.6 Å². The first kappa shape index (κ1) is 20.4. The van der Waals surface area contributed by atoms with Gasteiger partial charge in [-0.1, -0.05) is 57.8 Å². The van der Waals surface area contributed by atoms with Crippen molar-refractivity contribution in [2.45, 2.75) is 71.7 Å². The Labute approximate surface area is 145 Å². The van der Waals surface area contributed by atoms with Crippen molar-refractivity contribution in [3.63, 3.8) is 0 Å². The Morgan fingerprint density at radius 2 is 2.00 bits per heavy atom. The van der Waals surface area contributed by atoms with Gasteiger partial charge >= 0.3 is 0 Å². The van der Waals surface area contributed by atoms with E-state index in [4.69, 9.17) is 0 Å². The van der Waals surface area contributed by atoms with Crippen LogP contribution in [0.25, 0.3) is 0 Å². The predicted octanol–water partition coefficient (Wildman–Crippen LogP) is 5.14. The number of aliphatic hydroxyl groups is 1. The molecule has 0 bridgehead atoms. The first-order chi connectivity index (χ1) is 10.5. The molecule has 2 atom stereocenters. The summed E-state index contributed by atoms with van der Waals surface area (Å²) >= 11 is 0. The number of nitrogens with zero attached hydrogens (tertiary/aromatic N) is 1. The summed E-state index contributed by atoms with van der Waals surface area (Å²) in [4.78, 5) is 0. The van der Waals surface area contributed by atoms with Crippen LogP contribution in [0.1, 0.15) is 46.5 Å². The van der Waals surface area contributed by atoms with Crippen molar-refractivity contribution in [3.8, 4) is 0 Å². The van der Waals surface area contributed by atoms with Gasteiger partial charge in [0, 0.05) is 6.54 Å². The quantitative estimate of drug-likeness (QED) is 0.490. The maximum Gasteiger partial charge on any atom is 0.119 e. The number of hydrogen-bond donors (Lipinski definition) is 1. The zero-order chi connectivity index (χ0) is 17.8. The first-order valence-corrected chi connectivity index (χ1v) is 12.5. The topological polar surface area (TPSA) is 23.5 Å². The van der Waals surface area contributed by atoms with E-state index in [2.05, 4.69) is 57.3 Å². The normalized spacial score (nSPS) is 25.4. The molecule has 0 saturated heterocycles. The van der Waals surface area contributed by atoms with Crippen LogP contribution in [-0.4, -0.2) is 36.6 Å². The van der Waals surface area contributed by atoms with E-state index >= 15 is 0 Å². The molecule has 0 aliphatic heterocycles. The zero-order valence-electron chi connectivity index (χ0n) is 16.2. The molecule has 0 radical (unpaired) electrons. The summed E-state index contributed by atoms with van der Waals surface area (Å²) in [5.74, 6) is 0.358. The third-order valence-corrected chi connectivity index (χ3v) is 7.58. The van der Waals surface area contributed by atoms with Gasteiger partial charge in [-0.3, -0.25) is 0 Å². The van der Waals surface area contributed by atoms with E-state index in [0.717, 1.165) is 42.7 Å². The van der Waals surface area contributed by atoms with Crippen molar-refractivity contribution in [1.29, 1.82) is 0 Å². The van der Waals surface area contributed by atoms with Gasteiger partial charge in [-0.25, -0.2) is 0 Å². The average Bonchev–Trinajstić information content (AvgIpc) is 2.44. The third-order valence-electron chi connectivity index (χ3n) is 5.30. The zero-order valence-corrected chi connectivity index (χ0v) is 17.2. The lowest BCUT2D eigenvalue weighted by Gasteiger charge is -2.42. The third kappa shape index (κ3) is 5.17. The minimum atomic E-state index is -1.42. The van der Waals surface area contributed by atoms with E-state index in [1.807, 2.05) is 6.92 Å².